The molecule has 0 bridgehead atoms. The molecule has 2 aliphatic rings. The summed E-state index contributed by atoms with van der Waals surface area (Å²) < 4.78 is 5.40. The quantitative estimate of drug-likeness (QED) is 0.819. The number of amides is 2. The number of carboxylic acids is 1. The van der Waals surface area contributed by atoms with Crippen molar-refractivity contribution in [1.82, 2.24) is 10.2 Å². The molecular formula is C14H24N2O4. The molecule has 1 aliphatic carbocycles. The number of aliphatic carboxylic acids is 1. The van der Waals surface area contributed by atoms with Crippen molar-refractivity contribution < 1.29 is 19.4 Å². The van der Waals surface area contributed by atoms with E-state index in [4.69, 9.17) is 4.74 Å². The number of carbonyl (C=O) groups is 2. The molecule has 0 radical (unpaired) electrons. The highest BCUT2D eigenvalue weighted by Crippen LogP contribution is 2.29. The lowest BCUT2D eigenvalue weighted by Crippen LogP contribution is -2.50. The molecule has 2 rings (SSSR count). The Morgan fingerprint density at radius 2 is 2.10 bits per heavy atom. The fourth-order valence-electron chi connectivity index (χ4n) is 3.11. The van der Waals surface area contributed by atoms with Crippen LogP contribution in [0, 0.1) is 11.8 Å². The van der Waals surface area contributed by atoms with Gasteiger partial charge in [-0.15, -0.1) is 0 Å². The molecule has 2 fully saturated rings. The molecule has 1 saturated heterocycles. The van der Waals surface area contributed by atoms with Gasteiger partial charge in [-0.05, 0) is 25.7 Å². The summed E-state index contributed by atoms with van der Waals surface area (Å²) in [6, 6.07) is -0.102. The third kappa shape index (κ3) is 3.85. The van der Waals surface area contributed by atoms with E-state index in [0.717, 1.165) is 25.7 Å². The van der Waals surface area contributed by atoms with Crippen LogP contribution in [0.3, 0.4) is 0 Å². The van der Waals surface area contributed by atoms with Crippen molar-refractivity contribution in [2.24, 2.45) is 11.8 Å². The van der Waals surface area contributed by atoms with Crippen LogP contribution in [0.2, 0.25) is 0 Å². The van der Waals surface area contributed by atoms with Gasteiger partial charge in [0, 0.05) is 19.6 Å². The van der Waals surface area contributed by atoms with E-state index in [-0.39, 0.29) is 24.0 Å². The molecule has 2 N–H and O–H groups in total. The van der Waals surface area contributed by atoms with Gasteiger partial charge >= 0.3 is 12.0 Å². The number of ether oxygens (including phenoxy) is 1. The van der Waals surface area contributed by atoms with E-state index in [2.05, 4.69) is 5.32 Å². The Morgan fingerprint density at radius 1 is 1.35 bits per heavy atom. The fourth-order valence-corrected chi connectivity index (χ4v) is 3.11. The Morgan fingerprint density at radius 3 is 2.80 bits per heavy atom. The number of hydrogen-bond donors (Lipinski definition) is 2. The van der Waals surface area contributed by atoms with Crippen LogP contribution < -0.4 is 5.32 Å². The number of morpholine rings is 1. The van der Waals surface area contributed by atoms with Crippen LogP contribution in [-0.2, 0) is 9.53 Å². The largest absolute Gasteiger partial charge is 0.481 e. The molecule has 0 aromatic rings. The number of carboxylic acid groups (broad SMARTS) is 1. The predicted octanol–water partition coefficient (Wildman–Crippen LogP) is 1.31. The lowest BCUT2D eigenvalue weighted by molar-refractivity contribution is -0.144. The highest BCUT2D eigenvalue weighted by atomic mass is 16.5. The zero-order valence-corrected chi connectivity index (χ0v) is 12.0. The molecule has 1 saturated carbocycles. The molecule has 1 aliphatic heterocycles. The van der Waals surface area contributed by atoms with Crippen molar-refractivity contribution in [3.63, 3.8) is 0 Å². The SMILES string of the molecule is CC1CN(C(=O)NCC2CCCCC2C(=O)O)CCO1. The molecule has 114 valence electrons. The summed E-state index contributed by atoms with van der Waals surface area (Å²) in [4.78, 5) is 25.0. The molecule has 6 nitrogen and oxygen atoms in total. The van der Waals surface area contributed by atoms with Gasteiger partial charge in [0.15, 0.2) is 0 Å². The molecule has 1 heterocycles. The zero-order valence-electron chi connectivity index (χ0n) is 12.0. The van der Waals surface area contributed by atoms with E-state index in [1.807, 2.05) is 6.92 Å². The molecular weight excluding hydrogens is 260 g/mol. The third-order valence-electron chi connectivity index (χ3n) is 4.27. The average molecular weight is 284 g/mol. The van der Waals surface area contributed by atoms with Gasteiger partial charge in [0.1, 0.15) is 0 Å². The van der Waals surface area contributed by atoms with Gasteiger partial charge in [0.05, 0.1) is 18.6 Å². The van der Waals surface area contributed by atoms with Gasteiger partial charge in [-0.2, -0.15) is 0 Å². The molecule has 20 heavy (non-hydrogen) atoms. The van der Waals surface area contributed by atoms with Crippen LogP contribution in [0.25, 0.3) is 0 Å². The maximum absolute atomic E-state index is 12.1. The van der Waals surface area contributed by atoms with Crippen molar-refractivity contribution in [2.45, 2.75) is 38.7 Å². The molecule has 0 aromatic carbocycles. The summed E-state index contributed by atoms with van der Waals surface area (Å²) in [6.45, 7) is 4.17. The summed E-state index contributed by atoms with van der Waals surface area (Å²) in [5.74, 6) is -0.986. The van der Waals surface area contributed by atoms with E-state index in [0.29, 0.717) is 26.2 Å². The zero-order chi connectivity index (χ0) is 14.5. The van der Waals surface area contributed by atoms with Crippen LogP contribution in [0.1, 0.15) is 32.6 Å². The van der Waals surface area contributed by atoms with Gasteiger partial charge in [0.25, 0.3) is 0 Å². The van der Waals surface area contributed by atoms with Crippen LogP contribution >= 0.6 is 0 Å². The van der Waals surface area contributed by atoms with Crippen LogP contribution in [-0.4, -0.2) is 54.4 Å². The number of carbonyl (C=O) groups excluding carboxylic acids is 1. The maximum Gasteiger partial charge on any atom is 0.317 e. The normalized spacial score (nSPS) is 30.9. The monoisotopic (exact) mass is 284 g/mol. The minimum atomic E-state index is -0.732. The Hall–Kier alpha value is -1.30. The lowest BCUT2D eigenvalue weighted by atomic mass is 9.79. The predicted molar refractivity (Wildman–Crippen MR) is 73.5 cm³/mol. The van der Waals surface area contributed by atoms with Crippen molar-refractivity contribution in [3.05, 3.63) is 0 Å². The van der Waals surface area contributed by atoms with Gasteiger partial charge in [0.2, 0.25) is 0 Å². The van der Waals surface area contributed by atoms with Crippen molar-refractivity contribution in [3.8, 4) is 0 Å². The Bertz CT molecular complexity index is 361. The third-order valence-corrected chi connectivity index (χ3v) is 4.27. The van der Waals surface area contributed by atoms with E-state index < -0.39 is 5.97 Å². The van der Waals surface area contributed by atoms with Crippen molar-refractivity contribution >= 4 is 12.0 Å². The number of hydrogen-bond acceptors (Lipinski definition) is 3. The summed E-state index contributed by atoms with van der Waals surface area (Å²) in [5.41, 5.74) is 0. The first kappa shape index (κ1) is 15.1. The molecule has 3 atom stereocenters. The van der Waals surface area contributed by atoms with Crippen LogP contribution in [0.15, 0.2) is 0 Å². The second-order valence-electron chi connectivity index (χ2n) is 5.80. The second kappa shape index (κ2) is 6.92. The molecule has 3 unspecified atom stereocenters. The van der Waals surface area contributed by atoms with Gasteiger partial charge in [-0.3, -0.25) is 4.79 Å². The highest BCUT2D eigenvalue weighted by molar-refractivity contribution is 5.74. The van der Waals surface area contributed by atoms with Gasteiger partial charge in [-0.25, -0.2) is 4.79 Å². The highest BCUT2D eigenvalue weighted by Gasteiger charge is 2.31. The first-order valence-electron chi connectivity index (χ1n) is 7.45. The minimum Gasteiger partial charge on any atom is -0.481 e. The smallest absolute Gasteiger partial charge is 0.317 e. The Balaban J connectivity index is 1.81. The van der Waals surface area contributed by atoms with Crippen molar-refractivity contribution in [2.75, 3.05) is 26.2 Å². The summed E-state index contributed by atoms with van der Waals surface area (Å²) in [7, 11) is 0. The standard InChI is InChI=1S/C14H24N2O4/c1-10-9-16(6-7-20-10)14(19)15-8-11-4-2-3-5-12(11)13(17)18/h10-12H,2-9H2,1H3,(H,15,19)(H,17,18). The Labute approximate surface area is 119 Å². The van der Waals surface area contributed by atoms with Crippen LogP contribution in [0.5, 0.6) is 0 Å². The number of nitrogens with zero attached hydrogens (tertiary/aromatic N) is 1. The van der Waals surface area contributed by atoms with Gasteiger partial charge in [-0.1, -0.05) is 12.8 Å². The molecule has 2 amide bonds. The molecule has 6 heteroatoms. The van der Waals surface area contributed by atoms with E-state index >= 15 is 0 Å². The molecule has 0 spiro atoms. The fraction of sp³-hybridized carbons (Fsp3) is 0.857. The summed E-state index contributed by atoms with van der Waals surface area (Å²) in [6.07, 6.45) is 3.71. The summed E-state index contributed by atoms with van der Waals surface area (Å²) >= 11 is 0. The number of urea groups is 1. The van der Waals surface area contributed by atoms with E-state index in [9.17, 15) is 14.7 Å². The molecule has 0 aromatic heterocycles. The van der Waals surface area contributed by atoms with E-state index in [1.165, 1.54) is 0 Å². The average Bonchev–Trinajstić information content (AvgIpc) is 2.45. The first-order valence-corrected chi connectivity index (χ1v) is 7.45. The number of rotatable bonds is 3. The van der Waals surface area contributed by atoms with Crippen LogP contribution in [0.4, 0.5) is 4.79 Å². The Kier molecular flexibility index (Phi) is 5.23. The minimum absolute atomic E-state index is 0.0589. The number of nitrogens with one attached hydrogen (secondary N) is 1. The van der Waals surface area contributed by atoms with E-state index in [1.54, 1.807) is 4.90 Å². The second-order valence-corrected chi connectivity index (χ2v) is 5.80. The van der Waals surface area contributed by atoms with Crippen molar-refractivity contribution in [1.29, 1.82) is 0 Å². The first-order chi connectivity index (χ1) is 9.58. The van der Waals surface area contributed by atoms with Gasteiger partial charge < -0.3 is 20.1 Å². The topological polar surface area (TPSA) is 78.9 Å². The maximum atomic E-state index is 12.1. The lowest BCUT2D eigenvalue weighted by Gasteiger charge is -2.33. The summed E-state index contributed by atoms with van der Waals surface area (Å²) in [5, 5.41) is 12.1.